The van der Waals surface area contributed by atoms with Crippen LogP contribution in [-0.4, -0.2) is 18.2 Å². The van der Waals surface area contributed by atoms with Gasteiger partial charge in [0, 0.05) is 17.2 Å². The Hall–Kier alpha value is -1.78. The van der Waals surface area contributed by atoms with Crippen molar-refractivity contribution < 1.29 is 4.79 Å². The highest BCUT2D eigenvalue weighted by Crippen LogP contribution is 2.16. The van der Waals surface area contributed by atoms with Crippen molar-refractivity contribution in [3.05, 3.63) is 65.7 Å². The summed E-state index contributed by atoms with van der Waals surface area (Å²) >= 11 is 1.72. The van der Waals surface area contributed by atoms with Crippen LogP contribution in [0.2, 0.25) is 0 Å². The van der Waals surface area contributed by atoms with E-state index in [2.05, 4.69) is 17.4 Å². The number of rotatable bonds is 6. The van der Waals surface area contributed by atoms with Crippen molar-refractivity contribution >= 4 is 17.7 Å². The Morgan fingerprint density at radius 3 is 2.48 bits per heavy atom. The third kappa shape index (κ3) is 4.92. The maximum atomic E-state index is 12.0. The third-order valence-corrected chi connectivity index (χ3v) is 4.15. The summed E-state index contributed by atoms with van der Waals surface area (Å²) in [5.41, 5.74) is 7.96. The van der Waals surface area contributed by atoms with Gasteiger partial charge in [0.05, 0.1) is 0 Å². The molecule has 3 nitrogen and oxygen atoms in total. The molecule has 2 aromatic carbocycles. The molecule has 2 rings (SSSR count). The second-order valence-electron chi connectivity index (χ2n) is 4.84. The minimum atomic E-state index is -0.604. The molecule has 2 aromatic rings. The van der Waals surface area contributed by atoms with Crippen molar-refractivity contribution in [3.8, 4) is 0 Å². The minimum Gasteiger partial charge on any atom is -0.354 e. The maximum Gasteiger partial charge on any atom is 0.241 e. The van der Waals surface area contributed by atoms with Gasteiger partial charge in [-0.25, -0.2) is 0 Å². The van der Waals surface area contributed by atoms with Gasteiger partial charge in [-0.05, 0) is 24.6 Å². The summed E-state index contributed by atoms with van der Waals surface area (Å²) in [6.45, 7) is 2.62. The first-order valence-corrected chi connectivity index (χ1v) is 7.93. The number of hydrogen-bond donors (Lipinski definition) is 2. The zero-order valence-corrected chi connectivity index (χ0v) is 12.9. The summed E-state index contributed by atoms with van der Waals surface area (Å²) < 4.78 is 0. The van der Waals surface area contributed by atoms with Gasteiger partial charge in [-0.2, -0.15) is 0 Å². The van der Waals surface area contributed by atoms with Gasteiger partial charge in [0.1, 0.15) is 6.04 Å². The molecule has 0 aliphatic rings. The van der Waals surface area contributed by atoms with E-state index >= 15 is 0 Å². The average molecular weight is 300 g/mol. The summed E-state index contributed by atoms with van der Waals surface area (Å²) in [5, 5.41) is 2.88. The lowest BCUT2D eigenvalue weighted by molar-refractivity contribution is -0.122. The molecule has 0 spiro atoms. The van der Waals surface area contributed by atoms with E-state index in [0.29, 0.717) is 6.54 Å². The second-order valence-corrected chi connectivity index (χ2v) is 6.01. The first-order valence-electron chi connectivity index (χ1n) is 6.94. The summed E-state index contributed by atoms with van der Waals surface area (Å²) in [5.74, 6) is 0.698. The van der Waals surface area contributed by atoms with Crippen molar-refractivity contribution in [1.82, 2.24) is 5.32 Å². The topological polar surface area (TPSA) is 55.1 Å². The molecule has 3 N–H and O–H groups in total. The van der Waals surface area contributed by atoms with Crippen LogP contribution in [0.5, 0.6) is 0 Å². The molecular formula is C17H20N2OS. The number of hydrogen-bond acceptors (Lipinski definition) is 3. The summed E-state index contributed by atoms with van der Waals surface area (Å²) in [6.07, 6.45) is 0. The lowest BCUT2D eigenvalue weighted by atomic mass is 10.1. The van der Waals surface area contributed by atoms with Crippen molar-refractivity contribution in [2.45, 2.75) is 17.9 Å². The van der Waals surface area contributed by atoms with Crippen molar-refractivity contribution in [1.29, 1.82) is 0 Å². The number of nitrogens with one attached hydrogen (secondary N) is 1. The normalized spacial score (nSPS) is 11.9. The number of carbonyl (C=O) groups excluding carboxylic acids is 1. The number of thioether (sulfide) groups is 1. The maximum absolute atomic E-state index is 12.0. The third-order valence-electron chi connectivity index (χ3n) is 3.13. The molecule has 0 heterocycles. The molecule has 0 radical (unpaired) electrons. The Balaban J connectivity index is 1.75. The van der Waals surface area contributed by atoms with E-state index in [9.17, 15) is 4.79 Å². The first-order chi connectivity index (χ1) is 10.2. The van der Waals surface area contributed by atoms with E-state index in [1.165, 1.54) is 4.90 Å². The van der Waals surface area contributed by atoms with Crippen LogP contribution < -0.4 is 11.1 Å². The Kier molecular flexibility index (Phi) is 5.84. The molecule has 0 saturated carbocycles. The molecule has 110 valence electrons. The van der Waals surface area contributed by atoms with Gasteiger partial charge in [0.2, 0.25) is 5.91 Å². The van der Waals surface area contributed by atoms with Crippen molar-refractivity contribution in [2.24, 2.45) is 5.73 Å². The fourth-order valence-corrected chi connectivity index (χ4v) is 2.68. The SMILES string of the molecule is Cc1ccc(C(N)C(=O)NCCSc2ccccc2)cc1. The number of nitrogens with two attached hydrogens (primary N) is 1. The van der Waals surface area contributed by atoms with Crippen molar-refractivity contribution in [3.63, 3.8) is 0 Å². The Bertz CT molecular complexity index is 569. The van der Waals surface area contributed by atoms with Gasteiger partial charge >= 0.3 is 0 Å². The van der Waals surface area contributed by atoms with E-state index in [1.54, 1.807) is 11.8 Å². The molecule has 4 heteroatoms. The summed E-state index contributed by atoms with van der Waals surface area (Å²) in [6, 6.07) is 17.3. The second kappa shape index (κ2) is 7.86. The number of carbonyl (C=O) groups is 1. The molecule has 1 unspecified atom stereocenters. The fraction of sp³-hybridized carbons (Fsp3) is 0.235. The lowest BCUT2D eigenvalue weighted by Gasteiger charge is -2.12. The molecule has 1 amide bonds. The smallest absolute Gasteiger partial charge is 0.241 e. The highest BCUT2D eigenvalue weighted by atomic mass is 32.2. The quantitative estimate of drug-likeness (QED) is 0.637. The highest BCUT2D eigenvalue weighted by Gasteiger charge is 2.14. The van der Waals surface area contributed by atoms with Crippen LogP contribution in [0.15, 0.2) is 59.5 Å². The van der Waals surface area contributed by atoms with E-state index in [1.807, 2.05) is 49.4 Å². The van der Waals surface area contributed by atoms with Crippen LogP contribution in [-0.2, 0) is 4.79 Å². The number of amides is 1. The number of aryl methyl sites for hydroxylation is 1. The van der Waals surface area contributed by atoms with Gasteiger partial charge in [-0.1, -0.05) is 48.0 Å². The minimum absolute atomic E-state index is 0.132. The molecule has 0 aliphatic carbocycles. The molecule has 0 aromatic heterocycles. The van der Waals surface area contributed by atoms with E-state index in [4.69, 9.17) is 5.73 Å². The molecular weight excluding hydrogens is 280 g/mol. The average Bonchev–Trinajstić information content (AvgIpc) is 2.52. The van der Waals surface area contributed by atoms with Crippen LogP contribution in [0.1, 0.15) is 17.2 Å². The van der Waals surface area contributed by atoms with Crippen LogP contribution in [0.4, 0.5) is 0 Å². The predicted molar refractivity (Wildman–Crippen MR) is 88.3 cm³/mol. The van der Waals surface area contributed by atoms with Crippen molar-refractivity contribution in [2.75, 3.05) is 12.3 Å². The zero-order valence-electron chi connectivity index (χ0n) is 12.1. The van der Waals surface area contributed by atoms with Gasteiger partial charge in [-0.15, -0.1) is 11.8 Å². The monoisotopic (exact) mass is 300 g/mol. The Labute approximate surface area is 129 Å². The van der Waals surface area contributed by atoms with E-state index in [0.717, 1.165) is 16.9 Å². The molecule has 0 saturated heterocycles. The standard InChI is InChI=1S/C17H20N2OS/c1-13-7-9-14(10-8-13)16(18)17(20)19-11-12-21-15-5-3-2-4-6-15/h2-10,16H,11-12,18H2,1H3,(H,19,20). The van der Waals surface area contributed by atoms with Crippen LogP contribution in [0, 0.1) is 6.92 Å². The largest absolute Gasteiger partial charge is 0.354 e. The highest BCUT2D eigenvalue weighted by molar-refractivity contribution is 7.99. The predicted octanol–water partition coefficient (Wildman–Crippen LogP) is 2.90. The zero-order chi connectivity index (χ0) is 15.1. The fourth-order valence-electron chi connectivity index (χ4n) is 1.89. The molecule has 21 heavy (non-hydrogen) atoms. The van der Waals surface area contributed by atoms with Crippen LogP contribution in [0.3, 0.4) is 0 Å². The molecule has 0 bridgehead atoms. The Morgan fingerprint density at radius 1 is 1.14 bits per heavy atom. The van der Waals surface area contributed by atoms with Gasteiger partial charge in [0.15, 0.2) is 0 Å². The first kappa shape index (κ1) is 15.6. The van der Waals surface area contributed by atoms with Crippen LogP contribution in [0.25, 0.3) is 0 Å². The summed E-state index contributed by atoms with van der Waals surface area (Å²) in [4.78, 5) is 13.2. The number of benzene rings is 2. The lowest BCUT2D eigenvalue weighted by Crippen LogP contribution is -2.35. The summed E-state index contributed by atoms with van der Waals surface area (Å²) in [7, 11) is 0. The van der Waals surface area contributed by atoms with E-state index < -0.39 is 6.04 Å². The van der Waals surface area contributed by atoms with Gasteiger partial charge < -0.3 is 11.1 Å². The van der Waals surface area contributed by atoms with Crippen LogP contribution >= 0.6 is 11.8 Å². The molecule has 0 fully saturated rings. The molecule has 0 aliphatic heterocycles. The molecule has 1 atom stereocenters. The van der Waals surface area contributed by atoms with Gasteiger partial charge in [-0.3, -0.25) is 4.79 Å². The Morgan fingerprint density at radius 2 is 1.81 bits per heavy atom. The van der Waals surface area contributed by atoms with E-state index in [-0.39, 0.29) is 5.91 Å². The van der Waals surface area contributed by atoms with Gasteiger partial charge in [0.25, 0.3) is 0 Å².